The van der Waals surface area contributed by atoms with Gasteiger partial charge in [-0.3, -0.25) is 4.90 Å². The Bertz CT molecular complexity index is 606. The van der Waals surface area contributed by atoms with E-state index in [4.69, 9.17) is 9.73 Å². The van der Waals surface area contributed by atoms with Gasteiger partial charge < -0.3 is 20.3 Å². The lowest BCUT2D eigenvalue weighted by Crippen LogP contribution is -2.40. The lowest BCUT2D eigenvalue weighted by atomic mass is 10.2. The van der Waals surface area contributed by atoms with E-state index in [0.29, 0.717) is 6.54 Å². The highest BCUT2D eigenvalue weighted by atomic mass is 127. The fraction of sp³-hybridized carbons (Fsp3) is 0.571. The van der Waals surface area contributed by atoms with Crippen molar-refractivity contribution < 1.29 is 4.74 Å². The minimum absolute atomic E-state index is 0. The van der Waals surface area contributed by atoms with E-state index in [1.54, 1.807) is 0 Å². The summed E-state index contributed by atoms with van der Waals surface area (Å²) in [4.78, 5) is 9.55. The number of halogens is 1. The van der Waals surface area contributed by atoms with E-state index in [0.717, 1.165) is 71.4 Å². The highest BCUT2D eigenvalue weighted by molar-refractivity contribution is 14.0. The first kappa shape index (κ1) is 23.0. The van der Waals surface area contributed by atoms with Crippen LogP contribution in [0.25, 0.3) is 0 Å². The summed E-state index contributed by atoms with van der Waals surface area (Å²) in [6.45, 7) is 11.6. The molecule has 0 radical (unpaired) electrons. The summed E-state index contributed by atoms with van der Waals surface area (Å²) in [5, 5.41) is 6.79. The normalized spacial score (nSPS) is 17.5. The molecular formula is C21H34IN5O. The molecule has 2 aliphatic rings. The van der Waals surface area contributed by atoms with Gasteiger partial charge in [-0.05, 0) is 37.6 Å². The van der Waals surface area contributed by atoms with Gasteiger partial charge in [-0.15, -0.1) is 24.0 Å². The lowest BCUT2D eigenvalue weighted by molar-refractivity contribution is 0.0376. The largest absolute Gasteiger partial charge is 0.379 e. The number of nitrogens with one attached hydrogen (secondary N) is 2. The number of rotatable bonds is 8. The molecule has 3 rings (SSSR count). The van der Waals surface area contributed by atoms with Gasteiger partial charge in [-0.25, -0.2) is 4.99 Å². The van der Waals surface area contributed by atoms with Crippen LogP contribution in [0, 0.1) is 0 Å². The first-order valence-electron chi connectivity index (χ1n) is 10.2. The molecule has 0 amide bonds. The minimum Gasteiger partial charge on any atom is -0.379 e. The third-order valence-corrected chi connectivity index (χ3v) is 4.93. The predicted octanol–water partition coefficient (Wildman–Crippen LogP) is 2.46. The maximum atomic E-state index is 5.39. The number of ether oxygens (including phenoxy) is 1. The van der Waals surface area contributed by atoms with Crippen LogP contribution in [0.5, 0.6) is 0 Å². The zero-order valence-corrected chi connectivity index (χ0v) is 19.2. The van der Waals surface area contributed by atoms with E-state index in [9.17, 15) is 0 Å². The summed E-state index contributed by atoms with van der Waals surface area (Å²) in [7, 11) is 0. The zero-order valence-electron chi connectivity index (χ0n) is 16.9. The number of hydrogen-bond donors (Lipinski definition) is 2. The number of hydrogen-bond acceptors (Lipinski definition) is 4. The molecule has 2 aliphatic heterocycles. The number of morpholine rings is 1. The van der Waals surface area contributed by atoms with E-state index in [2.05, 4.69) is 63.8 Å². The van der Waals surface area contributed by atoms with Crippen LogP contribution >= 0.6 is 24.0 Å². The SMILES string of the molecule is CCNC(=NCc1ccc(N2CC=CC2)cc1)NCCCN1CCOCC1.I. The Kier molecular flexibility index (Phi) is 10.7. The quantitative estimate of drug-likeness (QED) is 0.189. The fourth-order valence-electron chi connectivity index (χ4n) is 3.35. The second-order valence-electron chi connectivity index (χ2n) is 6.97. The molecular weight excluding hydrogens is 465 g/mol. The predicted molar refractivity (Wildman–Crippen MR) is 128 cm³/mol. The van der Waals surface area contributed by atoms with E-state index < -0.39 is 0 Å². The van der Waals surface area contributed by atoms with Gasteiger partial charge in [-0.1, -0.05) is 24.3 Å². The summed E-state index contributed by atoms with van der Waals surface area (Å²) >= 11 is 0. The second kappa shape index (κ2) is 13.0. The Labute approximate surface area is 186 Å². The molecule has 0 aliphatic carbocycles. The molecule has 0 spiro atoms. The lowest BCUT2D eigenvalue weighted by Gasteiger charge is -2.26. The molecule has 0 unspecified atom stereocenters. The molecule has 0 bridgehead atoms. The van der Waals surface area contributed by atoms with Crippen molar-refractivity contribution in [3.05, 3.63) is 42.0 Å². The molecule has 1 fully saturated rings. The smallest absolute Gasteiger partial charge is 0.191 e. The van der Waals surface area contributed by atoms with Crippen molar-refractivity contribution in [2.75, 3.05) is 63.9 Å². The topological polar surface area (TPSA) is 52.1 Å². The maximum absolute atomic E-state index is 5.39. The summed E-state index contributed by atoms with van der Waals surface area (Å²) in [6, 6.07) is 8.75. The molecule has 28 heavy (non-hydrogen) atoms. The third-order valence-electron chi connectivity index (χ3n) is 4.93. The van der Waals surface area contributed by atoms with Crippen LogP contribution in [0.15, 0.2) is 41.4 Å². The van der Waals surface area contributed by atoms with E-state index >= 15 is 0 Å². The fourth-order valence-corrected chi connectivity index (χ4v) is 3.35. The van der Waals surface area contributed by atoms with E-state index in [-0.39, 0.29) is 24.0 Å². The average Bonchev–Trinajstić information content (AvgIpc) is 3.25. The first-order chi connectivity index (χ1) is 13.3. The molecule has 7 heteroatoms. The molecule has 1 saturated heterocycles. The van der Waals surface area contributed by atoms with Crippen molar-refractivity contribution >= 4 is 35.6 Å². The molecule has 2 N–H and O–H groups in total. The molecule has 6 nitrogen and oxygen atoms in total. The second-order valence-corrected chi connectivity index (χ2v) is 6.97. The van der Waals surface area contributed by atoms with Crippen LogP contribution in [-0.2, 0) is 11.3 Å². The van der Waals surface area contributed by atoms with Gasteiger partial charge in [0.2, 0.25) is 0 Å². The van der Waals surface area contributed by atoms with Gasteiger partial charge in [-0.2, -0.15) is 0 Å². The van der Waals surface area contributed by atoms with Crippen LogP contribution in [0.2, 0.25) is 0 Å². The minimum atomic E-state index is 0. The van der Waals surface area contributed by atoms with E-state index in [1.807, 2.05) is 0 Å². The molecule has 2 heterocycles. The Balaban J connectivity index is 0.00000280. The van der Waals surface area contributed by atoms with Gasteiger partial charge in [0.15, 0.2) is 5.96 Å². The van der Waals surface area contributed by atoms with Crippen LogP contribution in [0.3, 0.4) is 0 Å². The highest BCUT2D eigenvalue weighted by Crippen LogP contribution is 2.17. The summed E-state index contributed by atoms with van der Waals surface area (Å²) in [5.74, 6) is 0.896. The number of anilines is 1. The highest BCUT2D eigenvalue weighted by Gasteiger charge is 2.09. The maximum Gasteiger partial charge on any atom is 0.191 e. The first-order valence-corrected chi connectivity index (χ1v) is 10.2. The van der Waals surface area contributed by atoms with Crippen molar-refractivity contribution in [1.29, 1.82) is 0 Å². The number of nitrogens with zero attached hydrogens (tertiary/aromatic N) is 3. The standard InChI is InChI=1S/C21H33N5O.HI/c1-2-22-21(23-10-5-11-25-14-16-27-17-15-25)24-18-19-6-8-20(9-7-19)26-12-3-4-13-26;/h3-4,6-9H,2,5,10-18H2,1H3,(H2,22,23,24);1H. The summed E-state index contributed by atoms with van der Waals surface area (Å²) in [5.41, 5.74) is 2.51. The average molecular weight is 499 g/mol. The van der Waals surface area contributed by atoms with Gasteiger partial charge >= 0.3 is 0 Å². The van der Waals surface area contributed by atoms with Crippen LogP contribution in [0.4, 0.5) is 5.69 Å². The van der Waals surface area contributed by atoms with Crippen molar-refractivity contribution in [3.63, 3.8) is 0 Å². The van der Waals surface area contributed by atoms with Crippen LogP contribution in [-0.4, -0.2) is 69.9 Å². The Morgan fingerprint density at radius 3 is 2.46 bits per heavy atom. The van der Waals surface area contributed by atoms with Crippen molar-refractivity contribution in [2.24, 2.45) is 4.99 Å². The number of aliphatic imine (C=N–C) groups is 1. The summed E-state index contributed by atoms with van der Waals surface area (Å²) in [6.07, 6.45) is 5.54. The van der Waals surface area contributed by atoms with Crippen molar-refractivity contribution in [3.8, 4) is 0 Å². The van der Waals surface area contributed by atoms with Gasteiger partial charge in [0.1, 0.15) is 0 Å². The Morgan fingerprint density at radius 2 is 1.79 bits per heavy atom. The van der Waals surface area contributed by atoms with Gasteiger partial charge in [0.05, 0.1) is 19.8 Å². The number of benzene rings is 1. The van der Waals surface area contributed by atoms with Crippen molar-refractivity contribution in [1.82, 2.24) is 15.5 Å². The summed E-state index contributed by atoms with van der Waals surface area (Å²) < 4.78 is 5.39. The van der Waals surface area contributed by atoms with Crippen molar-refractivity contribution in [2.45, 2.75) is 19.9 Å². The van der Waals surface area contributed by atoms with Gasteiger partial charge in [0, 0.05) is 45.0 Å². The number of guanidine groups is 1. The molecule has 1 aromatic rings. The van der Waals surface area contributed by atoms with Crippen LogP contribution < -0.4 is 15.5 Å². The Hall–Kier alpha value is -1.32. The van der Waals surface area contributed by atoms with E-state index in [1.165, 1.54) is 11.3 Å². The molecule has 0 atom stereocenters. The molecule has 1 aromatic carbocycles. The van der Waals surface area contributed by atoms with Crippen LogP contribution in [0.1, 0.15) is 18.9 Å². The molecule has 0 saturated carbocycles. The third kappa shape index (κ3) is 7.60. The monoisotopic (exact) mass is 499 g/mol. The zero-order chi connectivity index (χ0) is 18.7. The molecule has 156 valence electrons. The Morgan fingerprint density at radius 1 is 1.07 bits per heavy atom. The molecule has 0 aromatic heterocycles. The van der Waals surface area contributed by atoms with Gasteiger partial charge in [0.25, 0.3) is 0 Å².